The Morgan fingerprint density at radius 3 is 1.63 bits per heavy atom. The van der Waals surface area contributed by atoms with E-state index in [4.69, 9.17) is 9.47 Å². The van der Waals surface area contributed by atoms with Crippen molar-refractivity contribution in [3.8, 4) is 0 Å². The van der Waals surface area contributed by atoms with E-state index in [1.807, 2.05) is 52.5 Å². The van der Waals surface area contributed by atoms with E-state index in [2.05, 4.69) is 21.7 Å². The fraction of sp³-hybridized carbons (Fsp3) is 0.838. The van der Waals surface area contributed by atoms with Crippen molar-refractivity contribution in [1.82, 2.24) is 29.8 Å². The molecule has 0 aromatic rings. The van der Waals surface area contributed by atoms with Crippen LogP contribution >= 0.6 is 0 Å². The van der Waals surface area contributed by atoms with Crippen LogP contribution in [0.4, 0.5) is 19.2 Å². The number of urea groups is 2. The van der Waals surface area contributed by atoms with Gasteiger partial charge in [0.1, 0.15) is 11.2 Å². The molecule has 1 N–H and O–H groups in total. The number of fused-ring (bicyclic) bond motifs is 2. The van der Waals surface area contributed by atoms with Crippen molar-refractivity contribution >= 4 is 24.2 Å². The molecule has 4 heterocycles. The van der Waals surface area contributed by atoms with Crippen molar-refractivity contribution in [1.29, 1.82) is 0 Å². The molecule has 4 saturated heterocycles. The maximum atomic E-state index is 13.1. The summed E-state index contributed by atoms with van der Waals surface area (Å²) in [6, 6.07) is 2.08. The van der Waals surface area contributed by atoms with Crippen LogP contribution in [0.1, 0.15) is 119 Å². The minimum absolute atomic E-state index is 0.0950. The van der Waals surface area contributed by atoms with Crippen molar-refractivity contribution < 1.29 is 28.7 Å². The first kappa shape index (κ1) is 37.1. The van der Waals surface area contributed by atoms with Gasteiger partial charge < -0.3 is 39.3 Å². The Balaban J connectivity index is 0.000000192. The topological polar surface area (TPSA) is 115 Å². The van der Waals surface area contributed by atoms with E-state index in [0.717, 1.165) is 51.4 Å². The van der Waals surface area contributed by atoms with E-state index in [9.17, 15) is 19.2 Å². The number of hydrogen-bond donors (Lipinski definition) is 1. The molecule has 6 rings (SSSR count). The second kappa shape index (κ2) is 15.4. The van der Waals surface area contributed by atoms with Gasteiger partial charge in [-0.1, -0.05) is 31.8 Å². The van der Waals surface area contributed by atoms with Crippen molar-refractivity contribution in [2.45, 2.75) is 166 Å². The molecule has 6 aliphatic rings. The lowest BCUT2D eigenvalue weighted by Gasteiger charge is -2.40. The zero-order valence-electron chi connectivity index (χ0n) is 31.0. The minimum Gasteiger partial charge on any atom is -0.444 e. The number of likely N-dealkylation sites (tertiary alicyclic amines) is 2. The molecule has 2 saturated carbocycles. The molecule has 4 atom stereocenters. The molecule has 12 nitrogen and oxygen atoms in total. The Morgan fingerprint density at radius 1 is 0.694 bits per heavy atom. The summed E-state index contributed by atoms with van der Waals surface area (Å²) in [6.07, 6.45) is 13.9. The predicted octanol–water partition coefficient (Wildman–Crippen LogP) is 6.34. The number of carbonyl (C=O) groups is 4. The molecule has 0 aromatic carbocycles. The van der Waals surface area contributed by atoms with Gasteiger partial charge in [0.15, 0.2) is 0 Å². The van der Waals surface area contributed by atoms with E-state index < -0.39 is 11.2 Å². The Kier molecular flexibility index (Phi) is 11.6. The van der Waals surface area contributed by atoms with E-state index in [1.165, 1.54) is 25.7 Å². The van der Waals surface area contributed by atoms with Gasteiger partial charge in [-0.3, -0.25) is 0 Å². The van der Waals surface area contributed by atoms with Crippen molar-refractivity contribution in [3.05, 3.63) is 12.7 Å². The summed E-state index contributed by atoms with van der Waals surface area (Å²) in [4.78, 5) is 59.6. The fourth-order valence-corrected chi connectivity index (χ4v) is 8.73. The van der Waals surface area contributed by atoms with E-state index in [0.29, 0.717) is 56.9 Å². The highest BCUT2D eigenvalue weighted by Crippen LogP contribution is 2.37. The number of amides is 6. The lowest BCUT2D eigenvalue weighted by Crippen LogP contribution is -2.51. The average Bonchev–Trinajstić information content (AvgIpc) is 3.52. The van der Waals surface area contributed by atoms with E-state index >= 15 is 0 Å². The maximum Gasteiger partial charge on any atom is 0.410 e. The number of hydrogen-bond acceptors (Lipinski definition) is 6. The lowest BCUT2D eigenvalue weighted by atomic mass is 9.88. The summed E-state index contributed by atoms with van der Waals surface area (Å²) < 4.78 is 10.9. The average molecular weight is 687 g/mol. The number of carbonyl (C=O) groups excluding carboxylic acids is 4. The Bertz CT molecular complexity index is 1200. The summed E-state index contributed by atoms with van der Waals surface area (Å²) in [5, 5.41) is 3.15. The first-order valence-electron chi connectivity index (χ1n) is 18.9. The molecule has 0 bridgehead atoms. The predicted molar refractivity (Wildman–Crippen MR) is 188 cm³/mol. The molecule has 2 aliphatic carbocycles. The molecular formula is C37H62N6O6. The highest BCUT2D eigenvalue weighted by molar-refractivity contribution is 5.79. The van der Waals surface area contributed by atoms with Crippen molar-refractivity contribution in [2.24, 2.45) is 0 Å². The highest BCUT2D eigenvalue weighted by Gasteiger charge is 2.49. The monoisotopic (exact) mass is 686 g/mol. The third-order valence-corrected chi connectivity index (χ3v) is 10.9. The van der Waals surface area contributed by atoms with Gasteiger partial charge in [0.2, 0.25) is 0 Å². The van der Waals surface area contributed by atoms with Crippen LogP contribution < -0.4 is 5.32 Å². The second-order valence-electron chi connectivity index (χ2n) is 16.8. The molecule has 276 valence electrons. The quantitative estimate of drug-likeness (QED) is 0.345. The maximum absolute atomic E-state index is 13.1. The largest absolute Gasteiger partial charge is 0.444 e. The Morgan fingerprint density at radius 2 is 1.14 bits per heavy atom. The highest BCUT2D eigenvalue weighted by atomic mass is 16.6. The third kappa shape index (κ3) is 8.95. The van der Waals surface area contributed by atoms with Crippen LogP contribution in [-0.2, 0) is 9.47 Å². The minimum atomic E-state index is -0.473. The van der Waals surface area contributed by atoms with Gasteiger partial charge in [0.05, 0.1) is 24.2 Å². The van der Waals surface area contributed by atoms with Crippen LogP contribution in [0.5, 0.6) is 0 Å². The third-order valence-electron chi connectivity index (χ3n) is 10.9. The normalized spacial score (nSPS) is 28.3. The summed E-state index contributed by atoms with van der Waals surface area (Å²) in [7, 11) is 0. The Hall–Kier alpha value is -3.18. The molecular weight excluding hydrogens is 624 g/mol. The molecule has 0 radical (unpaired) electrons. The number of nitrogens with one attached hydrogen (secondary N) is 1. The van der Waals surface area contributed by atoms with Gasteiger partial charge in [-0.15, -0.1) is 6.58 Å². The van der Waals surface area contributed by atoms with Crippen LogP contribution in [0.2, 0.25) is 0 Å². The van der Waals surface area contributed by atoms with Crippen LogP contribution in [0.25, 0.3) is 0 Å². The van der Waals surface area contributed by atoms with E-state index in [-0.39, 0.29) is 36.3 Å². The number of rotatable bonds is 4. The molecule has 4 aliphatic heterocycles. The summed E-state index contributed by atoms with van der Waals surface area (Å²) >= 11 is 0. The standard InChI is InChI=1S/C20H33N3O3.C17H29N3O3/c1-5-12-22-16-8-6-7-9-17(16)23(18(22)24)15-10-13-21(14-11-15)19(25)26-20(2,3)4;1-17(2,3)23-16(22)19-10-8-12(9-11-19)20-14-7-5-4-6-13(14)18-15(20)21/h5,15-17H,1,6-14H2,2-4H3;12-14H,4-11H2,1-3H3,(H,18,21)/t16-,17-;13-,14-/m00/s1. The van der Waals surface area contributed by atoms with E-state index in [1.54, 1.807) is 9.80 Å². The van der Waals surface area contributed by atoms with Crippen LogP contribution in [-0.4, -0.2) is 129 Å². The van der Waals surface area contributed by atoms with Gasteiger partial charge >= 0.3 is 24.2 Å². The zero-order chi connectivity index (χ0) is 35.5. The van der Waals surface area contributed by atoms with Gasteiger partial charge in [-0.25, -0.2) is 19.2 Å². The second-order valence-corrected chi connectivity index (χ2v) is 16.8. The first-order valence-corrected chi connectivity index (χ1v) is 18.9. The number of nitrogens with zero attached hydrogens (tertiary/aromatic N) is 5. The molecule has 6 fully saturated rings. The van der Waals surface area contributed by atoms with Crippen molar-refractivity contribution in [3.63, 3.8) is 0 Å². The summed E-state index contributed by atoms with van der Waals surface area (Å²) in [6.45, 7) is 18.4. The fourth-order valence-electron chi connectivity index (χ4n) is 8.73. The molecule has 6 amide bonds. The molecule has 12 heteroatoms. The van der Waals surface area contributed by atoms with Crippen LogP contribution in [0.15, 0.2) is 12.7 Å². The SMILES string of the molecule is C=CCN1C(=O)N(C2CCN(C(=O)OC(C)(C)C)CC2)[C@H]2CCCC[C@@H]21.CC(C)(C)OC(=O)N1CCC(N2C(=O)N[C@H]3CCCC[C@@H]32)CC1. The lowest BCUT2D eigenvalue weighted by molar-refractivity contribution is 0.0139. The molecule has 0 spiro atoms. The number of piperidine rings is 2. The van der Waals surface area contributed by atoms with Crippen LogP contribution in [0.3, 0.4) is 0 Å². The Labute approximate surface area is 293 Å². The summed E-state index contributed by atoms with van der Waals surface area (Å²) in [5.74, 6) is 0. The van der Waals surface area contributed by atoms with Gasteiger partial charge in [-0.2, -0.15) is 0 Å². The number of ether oxygens (including phenoxy) is 2. The van der Waals surface area contributed by atoms with Gasteiger partial charge in [0.25, 0.3) is 0 Å². The zero-order valence-corrected chi connectivity index (χ0v) is 31.0. The van der Waals surface area contributed by atoms with Gasteiger partial charge in [0, 0.05) is 44.8 Å². The van der Waals surface area contributed by atoms with Crippen LogP contribution in [0, 0.1) is 0 Å². The molecule has 49 heavy (non-hydrogen) atoms. The van der Waals surface area contributed by atoms with Crippen molar-refractivity contribution in [2.75, 3.05) is 32.7 Å². The smallest absolute Gasteiger partial charge is 0.410 e. The van der Waals surface area contributed by atoms with Gasteiger partial charge in [-0.05, 0) is 92.9 Å². The summed E-state index contributed by atoms with van der Waals surface area (Å²) in [5.41, 5.74) is -0.933. The molecule has 0 unspecified atom stereocenters. The molecule has 0 aromatic heterocycles. The first-order chi connectivity index (χ1) is 23.2.